The van der Waals surface area contributed by atoms with Crippen LogP contribution in [0, 0.1) is 5.41 Å². The molecule has 0 N–H and O–H groups in total. The minimum absolute atomic E-state index is 0.314. The molecular weight excluding hydrogens is 360 g/mol. The Morgan fingerprint density at radius 3 is 1.47 bits per heavy atom. The van der Waals surface area contributed by atoms with Crippen LogP contribution in [0.1, 0.15) is 34.6 Å². The van der Waals surface area contributed by atoms with Gasteiger partial charge in [0.15, 0.2) is 0 Å². The van der Waals surface area contributed by atoms with Crippen LogP contribution >= 0.6 is 0 Å². The Balaban J connectivity index is 0.000000423. The Bertz CT molecular complexity index is 295. The fraction of sp³-hybridized carbons (Fsp3) is 0.429. The molecule has 0 saturated carbocycles. The van der Waals surface area contributed by atoms with E-state index in [2.05, 4.69) is 66.7 Å². The summed E-state index contributed by atoms with van der Waals surface area (Å²) in [6.45, 7) is 18.0. The van der Waals surface area contributed by atoms with Gasteiger partial charge in [-0.05, 0) is 0 Å². The van der Waals surface area contributed by atoms with Gasteiger partial charge in [-0.3, -0.25) is 0 Å². The monoisotopic (exact) mass is 382 g/mol. The summed E-state index contributed by atoms with van der Waals surface area (Å²) in [5.74, 6) is 0. The molecule has 0 amide bonds. The van der Waals surface area contributed by atoms with Crippen LogP contribution in [0.3, 0.4) is 0 Å². The SMILES string of the molecule is C=CC=C.CC1=C(C)C(C)(C)[C]([Ir])=C1C. The van der Waals surface area contributed by atoms with Gasteiger partial charge in [-0.2, -0.15) is 0 Å². The molecular formula is C14H21Ir. The first kappa shape index (κ1) is 14.6. The number of hydrogen-bond acceptors (Lipinski definition) is 0. The molecule has 0 bridgehead atoms. The van der Waals surface area contributed by atoms with Crippen molar-refractivity contribution in [2.24, 2.45) is 5.41 Å². The number of allylic oxidation sites excluding steroid dienone is 6. The van der Waals surface area contributed by atoms with E-state index in [-0.39, 0.29) is 0 Å². The maximum absolute atomic E-state index is 3.36. The third kappa shape index (κ3) is 3.03. The van der Waals surface area contributed by atoms with Crippen molar-refractivity contribution in [2.45, 2.75) is 34.6 Å². The Kier molecular flexibility index (Phi) is 5.48. The summed E-state index contributed by atoms with van der Waals surface area (Å²) >= 11 is 2.25. The van der Waals surface area contributed by atoms with Gasteiger partial charge in [0.1, 0.15) is 0 Å². The summed E-state index contributed by atoms with van der Waals surface area (Å²) < 4.78 is 1.53. The molecule has 15 heavy (non-hydrogen) atoms. The van der Waals surface area contributed by atoms with Crippen LogP contribution < -0.4 is 0 Å². The normalized spacial score (nSPS) is 18.6. The van der Waals surface area contributed by atoms with Crippen LogP contribution in [0.2, 0.25) is 0 Å². The van der Waals surface area contributed by atoms with Gasteiger partial charge >= 0.3 is 79.7 Å². The second-order valence-electron chi connectivity index (χ2n) is 4.26. The molecule has 0 fully saturated rings. The minimum atomic E-state index is 0.314. The van der Waals surface area contributed by atoms with Crippen molar-refractivity contribution in [3.05, 3.63) is 46.1 Å². The third-order valence-electron chi connectivity index (χ3n) is 3.06. The molecule has 1 rings (SSSR count). The Labute approximate surface area is 105 Å². The average molecular weight is 382 g/mol. The maximum atomic E-state index is 3.36. The molecule has 0 aliphatic heterocycles. The van der Waals surface area contributed by atoms with E-state index in [0.29, 0.717) is 5.41 Å². The van der Waals surface area contributed by atoms with E-state index >= 15 is 0 Å². The van der Waals surface area contributed by atoms with Crippen LogP contribution in [0.4, 0.5) is 0 Å². The number of hydrogen-bond donors (Lipinski definition) is 0. The molecule has 0 aromatic rings. The van der Waals surface area contributed by atoms with E-state index in [0.717, 1.165) is 0 Å². The molecule has 0 aromatic carbocycles. The van der Waals surface area contributed by atoms with Crippen molar-refractivity contribution in [1.82, 2.24) is 0 Å². The predicted molar refractivity (Wildman–Crippen MR) is 65.2 cm³/mol. The van der Waals surface area contributed by atoms with Crippen molar-refractivity contribution in [3.8, 4) is 0 Å². The summed E-state index contributed by atoms with van der Waals surface area (Å²) in [6.07, 6.45) is 3.28. The zero-order valence-electron chi connectivity index (χ0n) is 10.4. The van der Waals surface area contributed by atoms with E-state index in [1.165, 1.54) is 20.8 Å². The van der Waals surface area contributed by atoms with Crippen molar-refractivity contribution >= 4 is 0 Å². The summed E-state index contributed by atoms with van der Waals surface area (Å²) in [5, 5.41) is 0. The molecule has 1 aliphatic carbocycles. The van der Waals surface area contributed by atoms with Crippen LogP contribution in [0.5, 0.6) is 0 Å². The third-order valence-corrected chi connectivity index (χ3v) is 5.46. The van der Waals surface area contributed by atoms with Gasteiger partial charge in [0.2, 0.25) is 0 Å². The molecule has 0 atom stereocenters. The summed E-state index contributed by atoms with van der Waals surface area (Å²) in [5.41, 5.74) is 4.83. The van der Waals surface area contributed by atoms with Crippen molar-refractivity contribution in [2.75, 3.05) is 0 Å². The fourth-order valence-corrected chi connectivity index (χ4v) is 2.43. The molecule has 86 valence electrons. The Morgan fingerprint density at radius 2 is 1.40 bits per heavy atom. The standard InChI is InChI=1S/C10H15.C4H6.Ir/c1-7-6-10(4,5)9(3)8(7)2;1-3-4-2;/h1-5H3;3-4H,1-2H2;. The van der Waals surface area contributed by atoms with Crippen LogP contribution in [-0.2, 0) is 18.9 Å². The molecule has 0 heterocycles. The predicted octanol–water partition coefficient (Wildman–Crippen LogP) is 4.54. The zero-order valence-corrected chi connectivity index (χ0v) is 12.8. The van der Waals surface area contributed by atoms with Crippen molar-refractivity contribution < 1.29 is 18.9 Å². The topological polar surface area (TPSA) is 0 Å². The quantitative estimate of drug-likeness (QED) is 0.585. The fourth-order valence-electron chi connectivity index (χ4n) is 1.53. The van der Waals surface area contributed by atoms with Crippen molar-refractivity contribution in [1.29, 1.82) is 0 Å². The van der Waals surface area contributed by atoms with Gasteiger partial charge in [-0.15, -0.1) is 0 Å². The van der Waals surface area contributed by atoms with Crippen LogP contribution in [0.25, 0.3) is 0 Å². The van der Waals surface area contributed by atoms with Crippen molar-refractivity contribution in [3.63, 3.8) is 0 Å². The molecule has 0 nitrogen and oxygen atoms in total. The van der Waals surface area contributed by atoms with E-state index in [1.807, 2.05) is 0 Å². The van der Waals surface area contributed by atoms with Crippen LogP contribution in [0.15, 0.2) is 46.1 Å². The molecule has 0 aromatic heterocycles. The summed E-state index contributed by atoms with van der Waals surface area (Å²) in [6, 6.07) is 0. The molecule has 0 radical (unpaired) electrons. The second kappa shape index (κ2) is 5.63. The van der Waals surface area contributed by atoms with Gasteiger partial charge < -0.3 is 0 Å². The first-order chi connectivity index (χ1) is 6.80. The van der Waals surface area contributed by atoms with E-state index in [1.54, 1.807) is 12.2 Å². The Hall–Kier alpha value is -0.391. The average Bonchev–Trinajstić information content (AvgIpc) is 2.35. The molecule has 1 heteroatoms. The second-order valence-corrected chi connectivity index (χ2v) is 5.46. The zero-order chi connectivity index (χ0) is 12.2. The molecule has 0 saturated heterocycles. The van der Waals surface area contributed by atoms with E-state index in [4.69, 9.17) is 0 Å². The molecule has 0 spiro atoms. The summed E-state index contributed by atoms with van der Waals surface area (Å²) in [4.78, 5) is 0. The molecule has 1 aliphatic rings. The van der Waals surface area contributed by atoms with Gasteiger partial charge in [-0.25, -0.2) is 0 Å². The van der Waals surface area contributed by atoms with Crippen LogP contribution in [-0.4, -0.2) is 0 Å². The summed E-state index contributed by atoms with van der Waals surface area (Å²) in [7, 11) is 0. The Morgan fingerprint density at radius 1 is 1.00 bits per heavy atom. The first-order valence-electron chi connectivity index (χ1n) is 5.07. The molecule has 0 unspecified atom stereocenters. The first-order valence-corrected chi connectivity index (χ1v) is 6.26. The van der Waals surface area contributed by atoms with Gasteiger partial charge in [-0.1, -0.05) is 25.3 Å². The van der Waals surface area contributed by atoms with Gasteiger partial charge in [0, 0.05) is 0 Å². The van der Waals surface area contributed by atoms with E-state index in [9.17, 15) is 0 Å². The number of rotatable bonds is 1. The van der Waals surface area contributed by atoms with E-state index < -0.39 is 0 Å². The van der Waals surface area contributed by atoms with Gasteiger partial charge in [0.25, 0.3) is 0 Å². The van der Waals surface area contributed by atoms with Gasteiger partial charge in [0.05, 0.1) is 0 Å².